The van der Waals surface area contributed by atoms with Gasteiger partial charge < -0.3 is 5.73 Å². The minimum atomic E-state index is -0.814. The third-order valence-electron chi connectivity index (χ3n) is 3.26. The summed E-state index contributed by atoms with van der Waals surface area (Å²) in [6.45, 7) is 3.72. The van der Waals surface area contributed by atoms with E-state index >= 15 is 0 Å². The van der Waals surface area contributed by atoms with Gasteiger partial charge in [0.2, 0.25) is 5.91 Å². The molecule has 1 fully saturated rings. The molecule has 0 heterocycles. The maximum Gasteiger partial charge on any atom is 0.318 e. The number of urea groups is 1. The predicted molar refractivity (Wildman–Crippen MR) is 77.7 cm³/mol. The van der Waals surface area contributed by atoms with E-state index in [1.165, 1.54) is 38.5 Å². The maximum atomic E-state index is 11.3. The molecule has 3 N–H and O–H groups in total. The average molecular weight is 321 g/mol. The Morgan fingerprint density at radius 1 is 1.06 bits per heavy atom. The van der Waals surface area contributed by atoms with Crippen molar-refractivity contribution in [2.24, 2.45) is 5.73 Å². The number of hydrogen-bond donors (Lipinski definition) is 2. The van der Waals surface area contributed by atoms with Crippen LogP contribution in [0.3, 0.4) is 0 Å². The van der Waals surface area contributed by atoms with Crippen LogP contribution in [0.2, 0.25) is 0 Å². The summed E-state index contributed by atoms with van der Waals surface area (Å²) in [6.07, 6.45) is 10.2. The Morgan fingerprint density at radius 3 is 1.61 bits per heavy atom. The first kappa shape index (κ1) is 17.4. The number of halogens is 1. The zero-order valence-electron chi connectivity index (χ0n) is 11.4. The van der Waals surface area contributed by atoms with Crippen LogP contribution in [-0.4, -0.2) is 16.3 Å². The Balaban J connectivity index is 0.000000397. The lowest BCUT2D eigenvalue weighted by molar-refractivity contribution is -0.122. The molecule has 0 aliphatic heterocycles. The van der Waals surface area contributed by atoms with Gasteiger partial charge in [0, 0.05) is 0 Å². The summed E-state index contributed by atoms with van der Waals surface area (Å²) in [4.78, 5) is 21.6. The highest BCUT2D eigenvalue weighted by atomic mass is 79.9. The average Bonchev–Trinajstić information content (AvgIpc) is 2.39. The zero-order chi connectivity index (χ0) is 14.0. The Kier molecular flexibility index (Phi) is 9.06. The summed E-state index contributed by atoms with van der Waals surface area (Å²) < 4.78 is -0.665. The van der Waals surface area contributed by atoms with Crippen molar-refractivity contribution >= 4 is 27.9 Å². The van der Waals surface area contributed by atoms with Gasteiger partial charge in [0.25, 0.3) is 0 Å². The zero-order valence-corrected chi connectivity index (χ0v) is 13.0. The van der Waals surface area contributed by atoms with E-state index in [-0.39, 0.29) is 5.91 Å². The van der Waals surface area contributed by atoms with Crippen LogP contribution < -0.4 is 11.1 Å². The number of imide groups is 1. The molecule has 0 radical (unpaired) electrons. The monoisotopic (exact) mass is 320 g/mol. The van der Waals surface area contributed by atoms with Gasteiger partial charge in [-0.3, -0.25) is 10.1 Å². The molecule has 4 nitrogen and oxygen atoms in total. The van der Waals surface area contributed by atoms with Crippen molar-refractivity contribution in [3.05, 3.63) is 0 Å². The summed E-state index contributed by atoms with van der Waals surface area (Å²) in [7, 11) is 0. The van der Waals surface area contributed by atoms with E-state index in [9.17, 15) is 9.59 Å². The summed E-state index contributed by atoms with van der Waals surface area (Å²) in [5.41, 5.74) is 4.81. The second-order valence-corrected chi connectivity index (χ2v) is 6.13. The molecule has 1 aliphatic rings. The molecule has 5 heteroatoms. The lowest BCUT2D eigenvalue weighted by Gasteiger charge is -2.21. The van der Waals surface area contributed by atoms with E-state index in [2.05, 4.69) is 15.9 Å². The molecule has 106 valence electrons. The van der Waals surface area contributed by atoms with Gasteiger partial charge in [-0.2, -0.15) is 0 Å². The number of alkyl halides is 1. The molecule has 0 unspecified atom stereocenters. The molecular formula is C13H25BrN2O2. The Labute approximate surface area is 118 Å². The SMILES string of the molecule is C1CCCCC1.CCC(Br)(CC)C(=O)NC(N)=O. The third kappa shape index (κ3) is 6.99. The van der Waals surface area contributed by atoms with Gasteiger partial charge in [-0.05, 0) is 12.8 Å². The second kappa shape index (κ2) is 9.36. The van der Waals surface area contributed by atoms with Crippen LogP contribution in [0.15, 0.2) is 0 Å². The lowest BCUT2D eigenvalue weighted by atomic mass is 10.0. The molecular weight excluding hydrogens is 296 g/mol. The summed E-state index contributed by atoms with van der Waals surface area (Å²) >= 11 is 3.26. The van der Waals surface area contributed by atoms with E-state index in [4.69, 9.17) is 5.73 Å². The summed E-state index contributed by atoms with van der Waals surface area (Å²) in [6, 6.07) is -0.814. The minimum absolute atomic E-state index is 0.375. The molecule has 0 bridgehead atoms. The van der Waals surface area contributed by atoms with E-state index in [1.54, 1.807) is 0 Å². The van der Waals surface area contributed by atoms with Crippen LogP contribution in [-0.2, 0) is 4.79 Å². The minimum Gasteiger partial charge on any atom is -0.351 e. The number of amides is 3. The van der Waals surface area contributed by atoms with Crippen LogP contribution >= 0.6 is 15.9 Å². The van der Waals surface area contributed by atoms with Gasteiger partial charge in [-0.15, -0.1) is 0 Å². The molecule has 0 atom stereocenters. The molecule has 1 aliphatic carbocycles. The highest BCUT2D eigenvalue weighted by Crippen LogP contribution is 2.26. The van der Waals surface area contributed by atoms with Gasteiger partial charge in [-0.25, -0.2) is 4.79 Å². The topological polar surface area (TPSA) is 72.2 Å². The summed E-state index contributed by atoms with van der Waals surface area (Å²) in [5.74, 6) is -0.375. The molecule has 1 saturated carbocycles. The Morgan fingerprint density at radius 2 is 1.39 bits per heavy atom. The quantitative estimate of drug-likeness (QED) is 0.781. The molecule has 1 rings (SSSR count). The van der Waals surface area contributed by atoms with E-state index in [0.29, 0.717) is 12.8 Å². The molecule has 0 aromatic carbocycles. The standard InChI is InChI=1S/C7H13BrN2O2.C6H12/c1-3-7(8,4-2)5(11)10-6(9)12;1-2-4-6-5-3-1/h3-4H2,1-2H3,(H3,9,10,11,12);1-6H2. The van der Waals surface area contributed by atoms with Crippen molar-refractivity contribution in [2.45, 2.75) is 69.5 Å². The number of carbonyl (C=O) groups excluding carboxylic acids is 2. The number of nitrogens with one attached hydrogen (secondary N) is 1. The van der Waals surface area contributed by atoms with Crippen LogP contribution in [0.4, 0.5) is 4.79 Å². The lowest BCUT2D eigenvalue weighted by Crippen LogP contribution is -2.46. The second-order valence-electron chi connectivity index (χ2n) is 4.61. The van der Waals surface area contributed by atoms with E-state index < -0.39 is 10.4 Å². The fraction of sp³-hybridized carbons (Fsp3) is 0.846. The Bertz CT molecular complexity index is 250. The molecule has 0 aromatic rings. The molecule has 0 spiro atoms. The fourth-order valence-electron chi connectivity index (χ4n) is 1.86. The Hall–Kier alpha value is -0.580. The number of nitrogens with two attached hydrogens (primary N) is 1. The van der Waals surface area contributed by atoms with Crippen LogP contribution in [0.25, 0.3) is 0 Å². The van der Waals surface area contributed by atoms with Crippen molar-refractivity contribution in [1.82, 2.24) is 5.32 Å². The summed E-state index contributed by atoms with van der Waals surface area (Å²) in [5, 5.41) is 2.04. The van der Waals surface area contributed by atoms with Crippen molar-refractivity contribution in [2.75, 3.05) is 0 Å². The molecule has 0 aromatic heterocycles. The largest absolute Gasteiger partial charge is 0.351 e. The van der Waals surface area contributed by atoms with E-state index in [1.807, 2.05) is 19.2 Å². The van der Waals surface area contributed by atoms with Gasteiger partial charge >= 0.3 is 6.03 Å². The third-order valence-corrected chi connectivity index (χ3v) is 4.75. The maximum absolute atomic E-state index is 11.3. The molecule has 18 heavy (non-hydrogen) atoms. The van der Waals surface area contributed by atoms with Crippen LogP contribution in [0.5, 0.6) is 0 Å². The van der Waals surface area contributed by atoms with Crippen LogP contribution in [0.1, 0.15) is 65.2 Å². The van der Waals surface area contributed by atoms with Gasteiger partial charge in [0.1, 0.15) is 4.32 Å². The fourth-order valence-corrected chi connectivity index (χ4v) is 1.95. The van der Waals surface area contributed by atoms with Gasteiger partial charge in [0.05, 0.1) is 0 Å². The number of primary amides is 1. The van der Waals surface area contributed by atoms with Gasteiger partial charge in [0.15, 0.2) is 0 Å². The predicted octanol–water partition coefficient (Wildman–Crippen LogP) is 3.48. The highest BCUT2D eigenvalue weighted by molar-refractivity contribution is 9.10. The number of hydrogen-bond acceptors (Lipinski definition) is 2. The smallest absolute Gasteiger partial charge is 0.318 e. The first-order chi connectivity index (χ1) is 8.46. The molecule has 0 saturated heterocycles. The first-order valence-electron chi connectivity index (χ1n) is 6.76. The van der Waals surface area contributed by atoms with Crippen molar-refractivity contribution in [3.63, 3.8) is 0 Å². The first-order valence-corrected chi connectivity index (χ1v) is 7.55. The van der Waals surface area contributed by atoms with Crippen molar-refractivity contribution in [1.29, 1.82) is 0 Å². The molecule has 3 amide bonds. The van der Waals surface area contributed by atoms with Crippen LogP contribution in [0, 0.1) is 0 Å². The van der Waals surface area contributed by atoms with Gasteiger partial charge in [-0.1, -0.05) is 68.3 Å². The normalized spacial score (nSPS) is 15.3. The number of rotatable bonds is 3. The van der Waals surface area contributed by atoms with Crippen molar-refractivity contribution in [3.8, 4) is 0 Å². The highest BCUT2D eigenvalue weighted by Gasteiger charge is 2.32. The van der Waals surface area contributed by atoms with E-state index in [0.717, 1.165) is 0 Å². The number of carbonyl (C=O) groups is 2. The van der Waals surface area contributed by atoms with Crippen molar-refractivity contribution < 1.29 is 9.59 Å².